The van der Waals surface area contributed by atoms with Crippen molar-refractivity contribution in [2.75, 3.05) is 0 Å². The van der Waals surface area contributed by atoms with Gasteiger partial charge < -0.3 is 6.92 Å². The first-order valence-electron chi connectivity index (χ1n) is 0.577. The van der Waals surface area contributed by atoms with Gasteiger partial charge in [-0.15, -0.1) is 6.07 Å². The third-order valence-electron chi connectivity index (χ3n) is 0. The van der Waals surface area contributed by atoms with E-state index in [4.69, 9.17) is 5.26 Å². The number of hydrogen-bond donors (Lipinski definition) is 0. The summed E-state index contributed by atoms with van der Waals surface area (Å²) in [5.74, 6) is 0. The smallest absolute Gasteiger partial charge is 0 e. The van der Waals surface area contributed by atoms with E-state index in [9.17, 15) is 0 Å². The monoisotopic (exact) mass is 408 g/mol. The van der Waals surface area contributed by atoms with Crippen molar-refractivity contribution in [3.05, 3.63) is 6.92 Å². The van der Waals surface area contributed by atoms with Crippen LogP contribution in [0.3, 0.4) is 0 Å². The molecule has 0 aliphatic heterocycles. The van der Waals surface area contributed by atoms with Gasteiger partial charge >= 0.3 is 0 Å². The van der Waals surface area contributed by atoms with Crippen molar-refractivity contribution in [2.45, 2.75) is 0 Å². The molecule has 0 heterocycles. The second kappa shape index (κ2) is 21.9. The van der Waals surface area contributed by atoms with Gasteiger partial charge in [-0.3, -0.25) is 0 Å². The van der Waals surface area contributed by atoms with E-state index in [0.717, 1.165) is 0 Å². The van der Waals surface area contributed by atoms with Gasteiger partial charge in [0.2, 0.25) is 0 Å². The van der Waals surface area contributed by atoms with E-state index in [1.54, 1.807) is 0 Å². The summed E-state index contributed by atoms with van der Waals surface area (Å²) in [6.45, 7) is 2.79. The fourth-order valence-electron chi connectivity index (χ4n) is 0. The van der Waals surface area contributed by atoms with Gasteiger partial charge in [-0.1, -0.05) is 0 Å². The Morgan fingerprint density at radius 1 is 1.40 bits per heavy atom. The third-order valence-corrected chi connectivity index (χ3v) is 0. The van der Waals surface area contributed by atoms with Gasteiger partial charge in [0.05, 0.1) is 0 Å². The zero-order chi connectivity index (χ0) is 2.71. The van der Waals surface area contributed by atoms with E-state index in [-0.39, 0.29) is 42.1 Å². The minimum atomic E-state index is 0. The van der Waals surface area contributed by atoms with Gasteiger partial charge in [-0.2, -0.15) is 0 Å². The largest absolute Gasteiger partial charge is 0.305 e. The molecular formula is C2H2NW2-. The molecule has 5 heavy (non-hydrogen) atoms. The Bertz CT molecular complexity index is 29.1. The van der Waals surface area contributed by atoms with Crippen LogP contribution in [-0.4, -0.2) is 0 Å². The van der Waals surface area contributed by atoms with E-state index in [1.807, 2.05) is 0 Å². The summed E-state index contributed by atoms with van der Waals surface area (Å²) in [7, 11) is 0. The van der Waals surface area contributed by atoms with Crippen molar-refractivity contribution in [1.29, 1.82) is 5.26 Å². The number of rotatable bonds is 0. The Balaban J connectivity index is -0.0000000200. The standard InChI is InChI=1S/C2H2N.2W/c1-2-3;;/h1H2;;/q-1;;. The predicted octanol–water partition coefficient (Wildman–Crippen LogP) is 0.339. The summed E-state index contributed by atoms with van der Waals surface area (Å²) in [4.78, 5) is 0. The molecule has 3 heteroatoms. The van der Waals surface area contributed by atoms with E-state index < -0.39 is 0 Å². The maximum absolute atomic E-state index is 7.21. The first kappa shape index (κ1) is 17.2. The Hall–Kier alpha value is 0.737. The molecule has 0 radical (unpaired) electrons. The van der Waals surface area contributed by atoms with Gasteiger partial charge in [0, 0.05) is 42.1 Å². The minimum absolute atomic E-state index is 0. The molecule has 0 amide bonds. The fraction of sp³-hybridized carbons (Fsp3) is 0. The summed E-state index contributed by atoms with van der Waals surface area (Å²) in [5.41, 5.74) is 0. The van der Waals surface area contributed by atoms with Crippen LogP contribution in [0.25, 0.3) is 0 Å². The quantitative estimate of drug-likeness (QED) is 0.531. The Morgan fingerprint density at radius 2 is 1.40 bits per heavy atom. The van der Waals surface area contributed by atoms with E-state index in [0.29, 0.717) is 0 Å². The predicted molar refractivity (Wildman–Crippen MR) is 11.0 cm³/mol. The molecule has 0 spiro atoms. The molecule has 0 aromatic carbocycles. The van der Waals surface area contributed by atoms with Crippen molar-refractivity contribution in [3.8, 4) is 6.07 Å². The van der Waals surface area contributed by atoms with Gasteiger partial charge in [-0.05, 0) is 0 Å². The van der Waals surface area contributed by atoms with Crippen LogP contribution in [0.4, 0.5) is 0 Å². The van der Waals surface area contributed by atoms with E-state index in [2.05, 4.69) is 6.92 Å². The number of nitriles is 1. The van der Waals surface area contributed by atoms with Crippen molar-refractivity contribution in [2.24, 2.45) is 0 Å². The number of hydrogen-bond acceptors (Lipinski definition) is 1. The summed E-state index contributed by atoms with van der Waals surface area (Å²) in [6.07, 6.45) is 0. The maximum Gasteiger partial charge on any atom is 0 e. The SMILES string of the molecule is [CH2-]C#N.[W].[W]. The van der Waals surface area contributed by atoms with Crippen LogP contribution in [0.1, 0.15) is 0 Å². The topological polar surface area (TPSA) is 23.8 Å². The molecule has 0 rings (SSSR count). The molecule has 0 saturated heterocycles. The number of nitrogens with zero attached hydrogens (tertiary/aromatic N) is 1. The van der Waals surface area contributed by atoms with Gasteiger partial charge in [-0.25, -0.2) is 5.26 Å². The van der Waals surface area contributed by atoms with Crippen LogP contribution in [0.5, 0.6) is 0 Å². The first-order valence-corrected chi connectivity index (χ1v) is 0.577. The van der Waals surface area contributed by atoms with Crippen molar-refractivity contribution in [3.63, 3.8) is 0 Å². The van der Waals surface area contributed by atoms with Crippen LogP contribution in [-0.2, 0) is 42.1 Å². The van der Waals surface area contributed by atoms with Crippen LogP contribution in [0, 0.1) is 18.3 Å². The van der Waals surface area contributed by atoms with Gasteiger partial charge in [0.1, 0.15) is 0 Å². The Morgan fingerprint density at radius 3 is 1.40 bits per heavy atom. The minimum Gasteiger partial charge on any atom is -0.305 e. The molecular weight excluding hydrogens is 406 g/mol. The third kappa shape index (κ3) is 65.4. The Kier molecular flexibility index (Phi) is 75.4. The van der Waals surface area contributed by atoms with Crippen molar-refractivity contribution < 1.29 is 42.1 Å². The molecule has 0 aromatic rings. The van der Waals surface area contributed by atoms with Crippen LogP contribution in [0.15, 0.2) is 0 Å². The average molecular weight is 408 g/mol. The zero-order valence-corrected chi connectivity index (χ0v) is 8.34. The zero-order valence-electron chi connectivity index (χ0n) is 2.47. The summed E-state index contributed by atoms with van der Waals surface area (Å²) in [6, 6.07) is 1.50. The second-order valence-corrected chi connectivity index (χ2v) is 0.158. The Labute approximate surface area is 60.3 Å². The van der Waals surface area contributed by atoms with E-state index in [1.165, 1.54) is 6.07 Å². The molecule has 0 saturated carbocycles. The van der Waals surface area contributed by atoms with Crippen LogP contribution < -0.4 is 0 Å². The first-order chi connectivity index (χ1) is 1.41. The van der Waals surface area contributed by atoms with Gasteiger partial charge in [0.15, 0.2) is 0 Å². The molecule has 1 nitrogen and oxygen atoms in total. The van der Waals surface area contributed by atoms with E-state index >= 15 is 0 Å². The molecule has 0 N–H and O–H groups in total. The molecule has 0 bridgehead atoms. The normalized spacial score (nSPS) is 1.40. The molecule has 0 fully saturated rings. The van der Waals surface area contributed by atoms with Crippen molar-refractivity contribution >= 4 is 0 Å². The summed E-state index contributed by atoms with van der Waals surface area (Å²) < 4.78 is 0. The molecule has 0 aromatic heterocycles. The van der Waals surface area contributed by atoms with Crippen molar-refractivity contribution in [1.82, 2.24) is 0 Å². The molecule has 0 aliphatic carbocycles. The second-order valence-electron chi connectivity index (χ2n) is 0.158. The molecule has 0 atom stereocenters. The average Bonchev–Trinajstić information content (AvgIpc) is 0.918. The fourth-order valence-corrected chi connectivity index (χ4v) is 0. The maximum atomic E-state index is 7.21. The molecule has 0 aliphatic rings. The van der Waals surface area contributed by atoms with Crippen LogP contribution >= 0.6 is 0 Å². The molecule has 0 unspecified atom stereocenters. The summed E-state index contributed by atoms with van der Waals surface area (Å²) >= 11 is 0. The molecule has 28 valence electrons. The van der Waals surface area contributed by atoms with Gasteiger partial charge in [0.25, 0.3) is 0 Å². The summed E-state index contributed by atoms with van der Waals surface area (Å²) in [5, 5.41) is 7.21. The van der Waals surface area contributed by atoms with Crippen LogP contribution in [0.2, 0.25) is 0 Å².